The summed E-state index contributed by atoms with van der Waals surface area (Å²) in [5, 5.41) is 2.59. The quantitative estimate of drug-likeness (QED) is 0.646. The first-order valence-electron chi connectivity index (χ1n) is 5.62. The van der Waals surface area contributed by atoms with Crippen molar-refractivity contribution < 1.29 is 17.9 Å². The lowest BCUT2D eigenvalue weighted by Gasteiger charge is -2.34. The molecule has 1 aliphatic heterocycles. The first kappa shape index (κ1) is 15.3. The van der Waals surface area contributed by atoms with Gasteiger partial charge in [0.25, 0.3) is 0 Å². The van der Waals surface area contributed by atoms with Gasteiger partial charge in [-0.05, 0) is 12.8 Å². The van der Waals surface area contributed by atoms with Crippen molar-refractivity contribution in [3.05, 3.63) is 0 Å². The Balaban J connectivity index is 2.64. The van der Waals surface area contributed by atoms with Crippen molar-refractivity contribution in [1.29, 1.82) is 0 Å². The molecule has 0 aromatic rings. The van der Waals surface area contributed by atoms with E-state index in [2.05, 4.69) is 5.32 Å². The summed E-state index contributed by atoms with van der Waals surface area (Å²) in [4.78, 5) is 12.3. The number of hydrogen-bond acceptors (Lipinski definition) is 5. The molecule has 6 nitrogen and oxygen atoms in total. The van der Waals surface area contributed by atoms with E-state index in [0.29, 0.717) is 26.1 Å². The molecule has 3 N–H and O–H groups in total. The molecule has 0 atom stereocenters. The van der Waals surface area contributed by atoms with Gasteiger partial charge >= 0.3 is 0 Å². The standard InChI is InChI=1S/C10H18N2O4S2/c1-18(14,15)7-4-12-9(13)10(8(11)17)2-5-16-6-3-10/h2-7H2,1H3,(H2,11,17)(H,12,13). The number of nitrogens with one attached hydrogen (secondary N) is 1. The van der Waals surface area contributed by atoms with Crippen LogP contribution in [0.15, 0.2) is 0 Å². The number of ether oxygens (including phenoxy) is 1. The summed E-state index contributed by atoms with van der Waals surface area (Å²) >= 11 is 4.97. The minimum absolute atomic E-state index is 0.0723. The lowest BCUT2D eigenvalue weighted by molar-refractivity contribution is -0.131. The van der Waals surface area contributed by atoms with E-state index in [1.165, 1.54) is 0 Å². The number of carbonyl (C=O) groups excluding carboxylic acids is 1. The Morgan fingerprint density at radius 2 is 2.00 bits per heavy atom. The first-order valence-corrected chi connectivity index (χ1v) is 8.08. The highest BCUT2D eigenvalue weighted by Crippen LogP contribution is 2.31. The molecule has 1 rings (SSSR count). The number of thiocarbonyl (C=S) groups is 1. The zero-order valence-electron chi connectivity index (χ0n) is 10.3. The van der Waals surface area contributed by atoms with Gasteiger partial charge in [-0.1, -0.05) is 12.2 Å². The maximum Gasteiger partial charge on any atom is 0.233 e. The van der Waals surface area contributed by atoms with Crippen LogP contribution in [0, 0.1) is 5.41 Å². The predicted molar refractivity (Wildman–Crippen MR) is 72.0 cm³/mol. The number of rotatable bonds is 5. The molecule has 18 heavy (non-hydrogen) atoms. The van der Waals surface area contributed by atoms with E-state index < -0.39 is 15.3 Å². The van der Waals surface area contributed by atoms with Crippen LogP contribution in [0.5, 0.6) is 0 Å². The summed E-state index contributed by atoms with van der Waals surface area (Å²) in [7, 11) is -3.09. The molecule has 1 fully saturated rings. The van der Waals surface area contributed by atoms with E-state index in [1.807, 2.05) is 0 Å². The molecule has 1 amide bonds. The number of carbonyl (C=O) groups is 1. The summed E-state index contributed by atoms with van der Waals surface area (Å²) < 4.78 is 27.2. The number of hydrogen-bond donors (Lipinski definition) is 2. The SMILES string of the molecule is CS(=O)(=O)CCNC(=O)C1(C(N)=S)CCOCC1. The third-order valence-corrected chi connectivity index (χ3v) is 4.35. The Labute approximate surface area is 112 Å². The van der Waals surface area contributed by atoms with Crippen molar-refractivity contribution in [1.82, 2.24) is 5.32 Å². The second kappa shape index (κ2) is 5.94. The van der Waals surface area contributed by atoms with E-state index in [0.717, 1.165) is 6.26 Å². The third-order valence-electron chi connectivity index (χ3n) is 3.01. The Bertz CT molecular complexity index is 427. The van der Waals surface area contributed by atoms with Gasteiger partial charge in [0.2, 0.25) is 5.91 Å². The fourth-order valence-corrected chi connectivity index (χ4v) is 2.59. The van der Waals surface area contributed by atoms with Crippen LogP contribution in [0.2, 0.25) is 0 Å². The van der Waals surface area contributed by atoms with Gasteiger partial charge in [-0.15, -0.1) is 0 Å². The van der Waals surface area contributed by atoms with Crippen molar-refractivity contribution in [2.75, 3.05) is 31.8 Å². The van der Waals surface area contributed by atoms with E-state index in [4.69, 9.17) is 22.7 Å². The van der Waals surface area contributed by atoms with Crippen LogP contribution in [0.1, 0.15) is 12.8 Å². The van der Waals surface area contributed by atoms with E-state index in [9.17, 15) is 13.2 Å². The molecule has 1 aliphatic rings. The molecular formula is C10H18N2O4S2. The second-order valence-electron chi connectivity index (χ2n) is 4.44. The maximum atomic E-state index is 12.1. The predicted octanol–water partition coefficient (Wildman–Crippen LogP) is -0.770. The lowest BCUT2D eigenvalue weighted by Crippen LogP contribution is -2.52. The van der Waals surface area contributed by atoms with Crippen LogP contribution in [0.25, 0.3) is 0 Å². The highest BCUT2D eigenvalue weighted by Gasteiger charge is 2.42. The zero-order valence-corrected chi connectivity index (χ0v) is 11.9. The van der Waals surface area contributed by atoms with Crippen molar-refractivity contribution in [3.63, 3.8) is 0 Å². The van der Waals surface area contributed by atoms with Gasteiger partial charge in [-0.3, -0.25) is 4.79 Å². The summed E-state index contributed by atoms with van der Waals surface area (Å²) in [5.74, 6) is -0.398. The van der Waals surface area contributed by atoms with Crippen LogP contribution >= 0.6 is 12.2 Å². The summed E-state index contributed by atoms with van der Waals surface area (Å²) in [5.41, 5.74) is 4.76. The summed E-state index contributed by atoms with van der Waals surface area (Å²) in [6.45, 7) is 0.927. The van der Waals surface area contributed by atoms with Crippen molar-refractivity contribution in [2.45, 2.75) is 12.8 Å². The zero-order chi connectivity index (χ0) is 13.8. The molecule has 0 saturated carbocycles. The monoisotopic (exact) mass is 294 g/mol. The van der Waals surface area contributed by atoms with Gasteiger partial charge in [-0.25, -0.2) is 8.42 Å². The average Bonchev–Trinajstić information content (AvgIpc) is 2.27. The maximum absolute atomic E-state index is 12.1. The molecule has 0 radical (unpaired) electrons. The molecule has 8 heteroatoms. The third kappa shape index (κ3) is 3.89. The van der Waals surface area contributed by atoms with Crippen molar-refractivity contribution in [3.8, 4) is 0 Å². The fraction of sp³-hybridized carbons (Fsp3) is 0.800. The number of sulfone groups is 1. The number of nitrogens with two attached hydrogens (primary N) is 1. The molecule has 0 aromatic heterocycles. The van der Waals surface area contributed by atoms with E-state index in [1.54, 1.807) is 0 Å². The summed E-state index contributed by atoms with van der Waals surface area (Å²) in [6.07, 6.45) is 2.00. The molecule has 0 spiro atoms. The van der Waals surface area contributed by atoms with E-state index >= 15 is 0 Å². The topological polar surface area (TPSA) is 98.5 Å². The Morgan fingerprint density at radius 3 is 2.44 bits per heavy atom. The van der Waals surface area contributed by atoms with Gasteiger partial charge in [0, 0.05) is 26.0 Å². The first-order chi connectivity index (χ1) is 8.28. The van der Waals surface area contributed by atoms with Crippen LogP contribution in [-0.4, -0.2) is 51.1 Å². The number of amides is 1. The normalized spacial score (nSPS) is 19.2. The van der Waals surface area contributed by atoms with Gasteiger partial charge in [-0.2, -0.15) is 0 Å². The minimum atomic E-state index is -3.09. The lowest BCUT2D eigenvalue weighted by atomic mass is 9.79. The highest BCUT2D eigenvalue weighted by molar-refractivity contribution is 7.90. The van der Waals surface area contributed by atoms with Crippen LogP contribution in [0.3, 0.4) is 0 Å². The van der Waals surface area contributed by atoms with Crippen LogP contribution in [-0.2, 0) is 19.4 Å². The molecule has 0 unspecified atom stereocenters. The molecule has 104 valence electrons. The Morgan fingerprint density at radius 1 is 1.44 bits per heavy atom. The van der Waals surface area contributed by atoms with Gasteiger partial charge in [0.1, 0.15) is 15.3 Å². The van der Waals surface area contributed by atoms with Crippen molar-refractivity contribution in [2.24, 2.45) is 11.1 Å². The minimum Gasteiger partial charge on any atom is -0.392 e. The average molecular weight is 294 g/mol. The van der Waals surface area contributed by atoms with Gasteiger partial charge < -0.3 is 15.8 Å². The van der Waals surface area contributed by atoms with Crippen LogP contribution < -0.4 is 11.1 Å². The molecule has 1 heterocycles. The summed E-state index contributed by atoms with van der Waals surface area (Å²) in [6, 6.07) is 0. The van der Waals surface area contributed by atoms with Crippen molar-refractivity contribution >= 4 is 33.0 Å². The van der Waals surface area contributed by atoms with E-state index in [-0.39, 0.29) is 23.2 Å². The van der Waals surface area contributed by atoms with Gasteiger partial charge in [0.05, 0.1) is 10.7 Å². The molecule has 1 saturated heterocycles. The molecule has 0 aromatic carbocycles. The van der Waals surface area contributed by atoms with Crippen LogP contribution in [0.4, 0.5) is 0 Å². The van der Waals surface area contributed by atoms with Gasteiger partial charge in [0.15, 0.2) is 0 Å². The second-order valence-corrected chi connectivity index (χ2v) is 7.14. The molecule has 0 aliphatic carbocycles. The smallest absolute Gasteiger partial charge is 0.233 e. The highest BCUT2D eigenvalue weighted by atomic mass is 32.2. The fourth-order valence-electron chi connectivity index (χ4n) is 1.82. The molecular weight excluding hydrogens is 276 g/mol. The molecule has 0 bridgehead atoms. The Kier molecular flexibility index (Phi) is 5.06. The largest absolute Gasteiger partial charge is 0.392 e. The Hall–Kier alpha value is -0.730.